The zero-order chi connectivity index (χ0) is 11.2. The molecule has 0 aromatic heterocycles. The topological polar surface area (TPSA) is 35.5 Å². The molecule has 1 atom stereocenters. The number of nitrogens with zero attached hydrogens (tertiary/aromatic N) is 1. The Morgan fingerprint density at radius 3 is 2.36 bits per heavy atom. The Balaban J connectivity index is 3.84. The molecule has 0 spiro atoms. The average molecular weight is 214 g/mol. The van der Waals surface area contributed by atoms with Crippen LogP contribution in [0.25, 0.3) is 0 Å². The highest BCUT2D eigenvalue weighted by Crippen LogP contribution is 2.15. The van der Waals surface area contributed by atoms with Gasteiger partial charge in [0, 0.05) is 19.2 Å². The first-order valence-electron chi connectivity index (χ1n) is 4.42. The normalized spacial score (nSPS) is 14.8. The number of halogens is 3. The Bertz CT molecular complexity index is 152. The molecule has 0 heterocycles. The lowest BCUT2D eigenvalue weighted by Gasteiger charge is -2.24. The maximum Gasteiger partial charge on any atom is 0.401 e. The third-order valence-corrected chi connectivity index (χ3v) is 1.87. The summed E-state index contributed by atoms with van der Waals surface area (Å²) in [5.74, 6) is 0. The van der Waals surface area contributed by atoms with Crippen molar-refractivity contribution >= 4 is 0 Å². The summed E-state index contributed by atoms with van der Waals surface area (Å²) in [6.45, 7) is -0.668. The van der Waals surface area contributed by atoms with E-state index < -0.39 is 12.7 Å². The van der Waals surface area contributed by atoms with Gasteiger partial charge in [-0.05, 0) is 20.5 Å². The molecular weight excluding hydrogens is 197 g/mol. The van der Waals surface area contributed by atoms with Gasteiger partial charge in [0.05, 0.1) is 6.54 Å². The molecule has 0 aliphatic heterocycles. The number of hydrogen-bond acceptors (Lipinski definition) is 3. The highest BCUT2D eigenvalue weighted by atomic mass is 19.4. The molecule has 1 unspecified atom stereocenters. The first-order chi connectivity index (χ1) is 6.39. The molecule has 14 heavy (non-hydrogen) atoms. The molecule has 0 aliphatic carbocycles. The largest absolute Gasteiger partial charge is 0.401 e. The third-order valence-electron chi connectivity index (χ3n) is 1.87. The van der Waals surface area contributed by atoms with Crippen LogP contribution in [0.15, 0.2) is 0 Å². The van der Waals surface area contributed by atoms with Crippen LogP contribution in [-0.4, -0.2) is 56.0 Å². The molecule has 0 radical (unpaired) electrons. The van der Waals surface area contributed by atoms with Gasteiger partial charge in [-0.2, -0.15) is 13.2 Å². The predicted octanol–water partition coefficient (Wildman–Crippen LogP) is 0.451. The van der Waals surface area contributed by atoms with Gasteiger partial charge in [-0.3, -0.25) is 4.90 Å². The summed E-state index contributed by atoms with van der Waals surface area (Å²) in [4.78, 5) is 1.19. The molecule has 0 saturated heterocycles. The molecule has 0 rings (SSSR count). The number of nitrogens with one attached hydrogen (secondary N) is 1. The molecule has 86 valence electrons. The Morgan fingerprint density at radius 2 is 2.00 bits per heavy atom. The molecule has 0 bridgehead atoms. The fraction of sp³-hybridized carbons (Fsp3) is 1.00. The maximum atomic E-state index is 11.9. The smallest absolute Gasteiger partial charge is 0.396 e. The number of hydrogen-bond donors (Lipinski definition) is 2. The van der Waals surface area contributed by atoms with Crippen molar-refractivity contribution in [3.05, 3.63) is 0 Å². The van der Waals surface area contributed by atoms with E-state index >= 15 is 0 Å². The molecule has 0 aliphatic rings. The van der Waals surface area contributed by atoms with Gasteiger partial charge in [0.15, 0.2) is 0 Å². The van der Waals surface area contributed by atoms with Crippen molar-refractivity contribution in [1.82, 2.24) is 10.2 Å². The van der Waals surface area contributed by atoms with E-state index in [1.807, 2.05) is 0 Å². The summed E-state index contributed by atoms with van der Waals surface area (Å²) in [7, 11) is 3.08. The number of rotatable bonds is 6. The van der Waals surface area contributed by atoms with Crippen molar-refractivity contribution in [2.45, 2.75) is 18.6 Å². The van der Waals surface area contributed by atoms with Gasteiger partial charge in [-0.25, -0.2) is 0 Å². The average Bonchev–Trinajstić information content (AvgIpc) is 2.00. The first kappa shape index (κ1) is 13.7. The van der Waals surface area contributed by atoms with Crippen molar-refractivity contribution < 1.29 is 18.3 Å². The summed E-state index contributed by atoms with van der Waals surface area (Å²) in [5.41, 5.74) is 0. The van der Waals surface area contributed by atoms with Crippen molar-refractivity contribution in [3.8, 4) is 0 Å². The Kier molecular flexibility index (Phi) is 6.06. The summed E-state index contributed by atoms with van der Waals surface area (Å²) in [5, 5.41) is 11.5. The van der Waals surface area contributed by atoms with Crippen LogP contribution in [0.3, 0.4) is 0 Å². The zero-order valence-corrected chi connectivity index (χ0v) is 8.43. The van der Waals surface area contributed by atoms with Gasteiger partial charge < -0.3 is 10.4 Å². The van der Waals surface area contributed by atoms with E-state index in [0.29, 0.717) is 6.42 Å². The third kappa shape index (κ3) is 7.11. The fourth-order valence-electron chi connectivity index (χ4n) is 1.23. The highest BCUT2D eigenvalue weighted by Gasteiger charge is 2.29. The molecule has 0 fully saturated rings. The van der Waals surface area contributed by atoms with E-state index in [9.17, 15) is 13.2 Å². The van der Waals surface area contributed by atoms with Crippen molar-refractivity contribution in [3.63, 3.8) is 0 Å². The summed E-state index contributed by atoms with van der Waals surface area (Å²) in [6, 6.07) is -0.104. The summed E-state index contributed by atoms with van der Waals surface area (Å²) in [6.07, 6.45) is -3.70. The molecule has 0 aromatic rings. The van der Waals surface area contributed by atoms with Gasteiger partial charge in [-0.1, -0.05) is 0 Å². The van der Waals surface area contributed by atoms with Gasteiger partial charge in [0.25, 0.3) is 0 Å². The van der Waals surface area contributed by atoms with Crippen LogP contribution in [0, 0.1) is 0 Å². The monoisotopic (exact) mass is 214 g/mol. The van der Waals surface area contributed by atoms with Crippen LogP contribution in [0.2, 0.25) is 0 Å². The Labute approximate surface area is 81.9 Å². The lowest BCUT2D eigenvalue weighted by Crippen LogP contribution is -2.41. The summed E-state index contributed by atoms with van der Waals surface area (Å²) < 4.78 is 35.8. The van der Waals surface area contributed by atoms with Crippen LogP contribution in [0.4, 0.5) is 13.2 Å². The molecular formula is C8H17F3N2O. The van der Waals surface area contributed by atoms with E-state index in [0.717, 1.165) is 0 Å². The Morgan fingerprint density at radius 1 is 1.43 bits per heavy atom. The molecule has 0 aromatic carbocycles. The molecule has 0 amide bonds. The van der Waals surface area contributed by atoms with Crippen LogP contribution >= 0.6 is 0 Å². The van der Waals surface area contributed by atoms with Gasteiger partial charge in [0.2, 0.25) is 0 Å². The second-order valence-corrected chi connectivity index (χ2v) is 3.31. The standard InChI is InChI=1S/C8H17F3N2O/c1-12-7(3-4-14)5-13(2)6-8(9,10)11/h7,12,14H,3-6H2,1-2H3. The molecule has 2 N–H and O–H groups in total. The van der Waals surface area contributed by atoms with Crippen molar-refractivity contribution in [1.29, 1.82) is 0 Å². The van der Waals surface area contributed by atoms with E-state index in [-0.39, 0.29) is 19.2 Å². The van der Waals surface area contributed by atoms with E-state index in [1.165, 1.54) is 11.9 Å². The fourth-order valence-corrected chi connectivity index (χ4v) is 1.23. The van der Waals surface area contributed by atoms with Crippen molar-refractivity contribution in [2.24, 2.45) is 0 Å². The van der Waals surface area contributed by atoms with Crippen LogP contribution < -0.4 is 5.32 Å². The second kappa shape index (κ2) is 6.21. The number of aliphatic hydroxyl groups is 1. The van der Waals surface area contributed by atoms with Crippen LogP contribution in [-0.2, 0) is 0 Å². The maximum absolute atomic E-state index is 11.9. The zero-order valence-electron chi connectivity index (χ0n) is 8.43. The number of likely N-dealkylation sites (N-methyl/N-ethyl adjacent to an activating group) is 2. The minimum absolute atomic E-state index is 0.0225. The van der Waals surface area contributed by atoms with Crippen molar-refractivity contribution in [2.75, 3.05) is 33.8 Å². The minimum atomic E-state index is -4.16. The Hall–Kier alpha value is -0.330. The van der Waals surface area contributed by atoms with Gasteiger partial charge in [-0.15, -0.1) is 0 Å². The number of aliphatic hydroxyl groups excluding tert-OH is 1. The molecule has 0 saturated carbocycles. The molecule has 3 nitrogen and oxygen atoms in total. The summed E-state index contributed by atoms with van der Waals surface area (Å²) >= 11 is 0. The van der Waals surface area contributed by atoms with E-state index in [2.05, 4.69) is 5.32 Å². The second-order valence-electron chi connectivity index (χ2n) is 3.31. The first-order valence-corrected chi connectivity index (χ1v) is 4.42. The lowest BCUT2D eigenvalue weighted by molar-refractivity contribution is -0.143. The quantitative estimate of drug-likeness (QED) is 0.674. The SMILES string of the molecule is CNC(CCO)CN(C)CC(F)(F)F. The van der Waals surface area contributed by atoms with Crippen LogP contribution in [0.5, 0.6) is 0 Å². The number of alkyl halides is 3. The minimum Gasteiger partial charge on any atom is -0.396 e. The van der Waals surface area contributed by atoms with Crippen LogP contribution in [0.1, 0.15) is 6.42 Å². The van der Waals surface area contributed by atoms with Gasteiger partial charge >= 0.3 is 6.18 Å². The molecule has 6 heteroatoms. The lowest BCUT2D eigenvalue weighted by atomic mass is 10.2. The predicted molar refractivity (Wildman–Crippen MR) is 48.1 cm³/mol. The highest BCUT2D eigenvalue weighted by molar-refractivity contribution is 4.70. The van der Waals surface area contributed by atoms with Gasteiger partial charge in [0.1, 0.15) is 0 Å². The van der Waals surface area contributed by atoms with E-state index in [4.69, 9.17) is 5.11 Å². The van der Waals surface area contributed by atoms with E-state index in [1.54, 1.807) is 7.05 Å².